The van der Waals surface area contributed by atoms with E-state index in [0.717, 1.165) is 22.8 Å². The fourth-order valence-corrected chi connectivity index (χ4v) is 5.71. The summed E-state index contributed by atoms with van der Waals surface area (Å²) in [6.45, 7) is 8.17. The summed E-state index contributed by atoms with van der Waals surface area (Å²) < 4.78 is 0. The van der Waals surface area contributed by atoms with Crippen molar-refractivity contribution in [2.24, 2.45) is 5.73 Å². The van der Waals surface area contributed by atoms with Crippen LogP contribution in [0.5, 0.6) is 0 Å². The van der Waals surface area contributed by atoms with Gasteiger partial charge in [0.15, 0.2) is 5.78 Å². The molecule has 0 aliphatic carbocycles. The van der Waals surface area contributed by atoms with Crippen LogP contribution in [0.15, 0.2) is 146 Å². The molecule has 2 atom stereocenters. The van der Waals surface area contributed by atoms with Crippen LogP contribution in [0.25, 0.3) is 33.7 Å². The van der Waals surface area contributed by atoms with Gasteiger partial charge in [-0.2, -0.15) is 0 Å². The zero-order chi connectivity index (χ0) is 35.2. The Bertz CT molecular complexity index is 2060. The summed E-state index contributed by atoms with van der Waals surface area (Å²) >= 11 is 0. The maximum atomic E-state index is 12.3. The average molecular weight is 648 g/mol. The van der Waals surface area contributed by atoms with Gasteiger partial charge in [-0.05, 0) is 82.6 Å². The Kier molecular flexibility index (Phi) is 13.4. The molecule has 248 valence electrons. The molecule has 0 heterocycles. The van der Waals surface area contributed by atoms with E-state index in [-0.39, 0.29) is 17.7 Å². The third-order valence-electron chi connectivity index (χ3n) is 8.14. The van der Waals surface area contributed by atoms with Crippen molar-refractivity contribution >= 4 is 45.4 Å². The van der Waals surface area contributed by atoms with E-state index in [2.05, 4.69) is 92.7 Å². The van der Waals surface area contributed by atoms with Crippen molar-refractivity contribution < 1.29 is 14.7 Å². The molecule has 4 heteroatoms. The number of hydrogen-bond acceptors (Lipinski definition) is 3. The van der Waals surface area contributed by atoms with Gasteiger partial charge in [0.05, 0.1) is 0 Å². The normalized spacial score (nSPS) is 12.2. The quantitative estimate of drug-likeness (QED) is 0.161. The summed E-state index contributed by atoms with van der Waals surface area (Å²) in [6.07, 6.45) is 6.85. The molecule has 0 fully saturated rings. The van der Waals surface area contributed by atoms with Crippen LogP contribution in [0.4, 0.5) is 0 Å². The van der Waals surface area contributed by atoms with E-state index in [1.54, 1.807) is 12.2 Å². The number of ketones is 1. The highest BCUT2D eigenvalue weighted by atomic mass is 16.4. The van der Waals surface area contributed by atoms with Crippen molar-refractivity contribution in [1.29, 1.82) is 0 Å². The Morgan fingerprint density at radius 2 is 1.06 bits per heavy atom. The molecule has 0 saturated carbocycles. The highest BCUT2D eigenvalue weighted by Crippen LogP contribution is 2.28. The highest BCUT2D eigenvalue weighted by Gasteiger charge is 2.12. The maximum absolute atomic E-state index is 12.3. The second-order valence-corrected chi connectivity index (χ2v) is 12.3. The second kappa shape index (κ2) is 18.1. The second-order valence-electron chi connectivity index (χ2n) is 12.3. The smallest absolute Gasteiger partial charge is 0.328 e. The lowest BCUT2D eigenvalue weighted by Gasteiger charge is -2.13. The first-order chi connectivity index (χ1) is 23.6. The van der Waals surface area contributed by atoms with Crippen LogP contribution in [0.3, 0.4) is 0 Å². The van der Waals surface area contributed by atoms with Gasteiger partial charge in [-0.1, -0.05) is 158 Å². The minimum Gasteiger partial charge on any atom is -0.478 e. The van der Waals surface area contributed by atoms with E-state index >= 15 is 0 Å². The number of rotatable bonds is 8. The lowest BCUT2D eigenvalue weighted by atomic mass is 9.91. The number of carboxylic acid groups (broad SMARTS) is 1. The fraction of sp³-hybridized carbons (Fsp3) is 0.156. The first-order valence-corrected chi connectivity index (χ1v) is 16.6. The van der Waals surface area contributed by atoms with Gasteiger partial charge in [-0.25, -0.2) is 4.79 Å². The number of carbonyl (C=O) groups excluding carboxylic acids is 1. The summed E-state index contributed by atoms with van der Waals surface area (Å²) in [4.78, 5) is 22.5. The van der Waals surface area contributed by atoms with Crippen molar-refractivity contribution in [3.63, 3.8) is 0 Å². The van der Waals surface area contributed by atoms with Crippen LogP contribution >= 0.6 is 0 Å². The van der Waals surface area contributed by atoms with E-state index in [1.807, 2.05) is 74.5 Å². The molecule has 0 saturated heterocycles. The molecule has 4 nitrogen and oxygen atoms in total. The van der Waals surface area contributed by atoms with Crippen molar-refractivity contribution in [3.8, 4) is 0 Å². The van der Waals surface area contributed by atoms with Gasteiger partial charge in [-0.15, -0.1) is 0 Å². The minimum absolute atomic E-state index is 0.103. The zero-order valence-electron chi connectivity index (χ0n) is 28.7. The van der Waals surface area contributed by atoms with Crippen LogP contribution < -0.4 is 5.73 Å². The molecule has 0 aliphatic rings. The molecule has 0 radical (unpaired) electrons. The van der Waals surface area contributed by atoms with E-state index < -0.39 is 5.97 Å². The van der Waals surface area contributed by atoms with Crippen LogP contribution in [-0.2, 0) is 9.59 Å². The number of carboxylic acids is 1. The molecule has 3 N–H and O–H groups in total. The third-order valence-corrected chi connectivity index (χ3v) is 8.14. The SMILES string of the molecule is C[C@@H](N)c1cccc2ccccc12.Cc1cccc(/C=C/C(=O)C[C@H](C)c2cccc3ccccc23)c1.Cc1cccc(/C=C/C(=O)O)c1. The number of hydrogen-bond donors (Lipinski definition) is 2. The van der Waals surface area contributed by atoms with Crippen molar-refractivity contribution in [1.82, 2.24) is 0 Å². The predicted molar refractivity (Wildman–Crippen MR) is 207 cm³/mol. The Balaban J connectivity index is 0.000000182. The van der Waals surface area contributed by atoms with Crippen LogP contribution in [0.1, 0.15) is 65.6 Å². The number of aliphatic carboxylic acids is 1. The summed E-state index contributed by atoms with van der Waals surface area (Å²) in [5.74, 6) is -0.556. The van der Waals surface area contributed by atoms with Crippen LogP contribution in [0, 0.1) is 13.8 Å². The molecular weight excluding hydrogens is 602 g/mol. The number of fused-ring (bicyclic) bond motifs is 2. The number of benzene rings is 6. The van der Waals surface area contributed by atoms with E-state index in [0.29, 0.717) is 6.42 Å². The lowest BCUT2D eigenvalue weighted by Crippen LogP contribution is -2.05. The van der Waals surface area contributed by atoms with E-state index in [4.69, 9.17) is 10.8 Å². The number of allylic oxidation sites excluding steroid dienone is 1. The van der Waals surface area contributed by atoms with Crippen LogP contribution in [-0.4, -0.2) is 16.9 Å². The standard InChI is InChI=1S/C23H22O.C12H13N.C10H10O2/c1-17-7-5-8-19(15-17)13-14-21(24)16-18(2)22-12-6-10-20-9-3-4-11-23(20)22;1-9(13)11-8-4-6-10-5-2-3-7-12(10)11;1-8-3-2-4-9(7-8)5-6-10(11)12/h3-15,18H,16H2,1-2H3;2-9H,13H2,1H3;2-7H,1H3,(H,11,12)/b14-13+;;6-5+/t18-;9-;/m01./s1. The third kappa shape index (κ3) is 11.3. The molecule has 0 bridgehead atoms. The topological polar surface area (TPSA) is 80.4 Å². The molecule has 0 unspecified atom stereocenters. The van der Waals surface area contributed by atoms with Gasteiger partial charge < -0.3 is 10.8 Å². The van der Waals surface area contributed by atoms with Crippen molar-refractivity contribution in [3.05, 3.63) is 179 Å². The molecule has 0 aromatic heterocycles. The molecule has 49 heavy (non-hydrogen) atoms. The summed E-state index contributed by atoms with van der Waals surface area (Å²) in [6, 6.07) is 45.2. The first kappa shape index (κ1) is 36.3. The van der Waals surface area contributed by atoms with Gasteiger partial charge in [0, 0.05) is 18.5 Å². The van der Waals surface area contributed by atoms with Gasteiger partial charge in [-0.3, -0.25) is 4.79 Å². The molecule has 0 amide bonds. The number of nitrogens with two attached hydrogens (primary N) is 1. The highest BCUT2D eigenvalue weighted by molar-refractivity contribution is 5.95. The van der Waals surface area contributed by atoms with Crippen molar-refractivity contribution in [2.75, 3.05) is 0 Å². The zero-order valence-corrected chi connectivity index (χ0v) is 28.7. The summed E-state index contributed by atoms with van der Waals surface area (Å²) in [5, 5.41) is 13.3. The maximum Gasteiger partial charge on any atom is 0.328 e. The lowest BCUT2D eigenvalue weighted by molar-refractivity contribution is -0.131. The van der Waals surface area contributed by atoms with E-state index in [1.165, 1.54) is 38.2 Å². The summed E-state index contributed by atoms with van der Waals surface area (Å²) in [5.41, 5.74) is 12.7. The predicted octanol–water partition coefficient (Wildman–Crippen LogP) is 10.9. The monoisotopic (exact) mass is 647 g/mol. The van der Waals surface area contributed by atoms with E-state index in [9.17, 15) is 9.59 Å². The molecule has 6 aromatic rings. The Morgan fingerprint density at radius 3 is 1.57 bits per heavy atom. The van der Waals surface area contributed by atoms with Gasteiger partial charge in [0.2, 0.25) is 0 Å². The van der Waals surface area contributed by atoms with Gasteiger partial charge in [0.25, 0.3) is 0 Å². The number of carbonyl (C=O) groups is 2. The Hall–Kier alpha value is -5.58. The van der Waals surface area contributed by atoms with Crippen molar-refractivity contribution in [2.45, 2.75) is 46.1 Å². The number of aryl methyl sites for hydroxylation is 2. The molecule has 6 aromatic carbocycles. The summed E-state index contributed by atoms with van der Waals surface area (Å²) in [7, 11) is 0. The molecule has 0 aliphatic heterocycles. The minimum atomic E-state index is -0.920. The van der Waals surface area contributed by atoms with Gasteiger partial charge >= 0.3 is 5.97 Å². The molecular formula is C45H45NO3. The largest absolute Gasteiger partial charge is 0.478 e. The fourth-order valence-electron chi connectivity index (χ4n) is 5.71. The van der Waals surface area contributed by atoms with Crippen LogP contribution in [0.2, 0.25) is 0 Å². The van der Waals surface area contributed by atoms with Gasteiger partial charge in [0.1, 0.15) is 0 Å². The molecule has 0 spiro atoms. The Morgan fingerprint density at radius 1 is 0.612 bits per heavy atom. The Labute approximate surface area is 290 Å². The average Bonchev–Trinajstić information content (AvgIpc) is 3.10. The molecule has 6 rings (SSSR count). The first-order valence-electron chi connectivity index (χ1n) is 16.6.